The highest BCUT2D eigenvalue weighted by atomic mass is 32.2. The van der Waals surface area contributed by atoms with Gasteiger partial charge in [0, 0.05) is 15.5 Å². The first-order valence-electron chi connectivity index (χ1n) is 11.7. The summed E-state index contributed by atoms with van der Waals surface area (Å²) in [7, 11) is 0. The van der Waals surface area contributed by atoms with Crippen molar-refractivity contribution in [1.82, 2.24) is 0 Å². The summed E-state index contributed by atoms with van der Waals surface area (Å²) >= 11 is 2.87. The maximum atomic E-state index is 13.1. The predicted octanol–water partition coefficient (Wildman–Crippen LogP) is 6.16. The second kappa shape index (κ2) is 11.6. The lowest BCUT2D eigenvalue weighted by Gasteiger charge is -2.13. The summed E-state index contributed by atoms with van der Waals surface area (Å²) in [6, 6.07) is 10.5. The average Bonchev–Trinajstić information content (AvgIpc) is 3.43. The Morgan fingerprint density at radius 3 is 2.71 bits per heavy atom. The minimum atomic E-state index is -0.428. The van der Waals surface area contributed by atoms with Gasteiger partial charge >= 0.3 is 5.97 Å². The number of thioether (sulfide) groups is 1. The van der Waals surface area contributed by atoms with Crippen molar-refractivity contribution < 1.29 is 23.5 Å². The summed E-state index contributed by atoms with van der Waals surface area (Å²) in [5.74, 6) is -0.682. The van der Waals surface area contributed by atoms with Crippen molar-refractivity contribution in [3.8, 4) is 0 Å². The Bertz CT molecular complexity index is 1200. The number of rotatable bonds is 8. The largest absolute Gasteiger partial charge is 0.462 e. The van der Waals surface area contributed by atoms with Gasteiger partial charge in [0.2, 0.25) is 5.91 Å². The summed E-state index contributed by atoms with van der Waals surface area (Å²) in [6.45, 7) is 3.89. The molecule has 35 heavy (non-hydrogen) atoms. The van der Waals surface area contributed by atoms with E-state index in [4.69, 9.17) is 9.15 Å². The number of thiophene rings is 1. The third-order valence-electron chi connectivity index (χ3n) is 5.66. The van der Waals surface area contributed by atoms with Gasteiger partial charge in [-0.15, -0.1) is 23.1 Å². The SMILES string of the molecule is CCOC(=O)c1c(NC(=O)C(C)Sc2cccc(NC(=O)c3ccco3)c2)sc2c1CCCCC2. The molecule has 1 atom stereocenters. The Hall–Kier alpha value is -3.04. The third kappa shape index (κ3) is 6.15. The number of anilines is 2. The van der Waals surface area contributed by atoms with Crippen LogP contribution in [0.15, 0.2) is 52.0 Å². The zero-order valence-electron chi connectivity index (χ0n) is 19.7. The molecule has 0 fully saturated rings. The summed E-state index contributed by atoms with van der Waals surface area (Å²) in [4.78, 5) is 40.1. The zero-order valence-corrected chi connectivity index (χ0v) is 21.4. The van der Waals surface area contributed by atoms with E-state index in [0.29, 0.717) is 16.3 Å². The number of aryl methyl sites for hydroxylation is 1. The molecule has 1 unspecified atom stereocenters. The second-order valence-electron chi connectivity index (χ2n) is 8.20. The van der Waals surface area contributed by atoms with E-state index in [0.717, 1.165) is 42.6 Å². The number of esters is 1. The topological polar surface area (TPSA) is 97.6 Å². The van der Waals surface area contributed by atoms with Gasteiger partial charge in [0.05, 0.1) is 23.7 Å². The van der Waals surface area contributed by atoms with E-state index >= 15 is 0 Å². The molecule has 0 spiro atoms. The molecule has 2 amide bonds. The van der Waals surface area contributed by atoms with E-state index in [1.54, 1.807) is 25.1 Å². The van der Waals surface area contributed by atoms with Crippen LogP contribution in [0.5, 0.6) is 0 Å². The Balaban J connectivity index is 1.45. The van der Waals surface area contributed by atoms with Crippen LogP contribution in [-0.2, 0) is 22.4 Å². The molecule has 9 heteroatoms. The van der Waals surface area contributed by atoms with Crippen LogP contribution in [0.25, 0.3) is 0 Å². The molecule has 2 aromatic heterocycles. The minimum absolute atomic E-state index is 0.193. The molecule has 1 aliphatic carbocycles. The Kier molecular flexibility index (Phi) is 8.30. The van der Waals surface area contributed by atoms with Crippen LogP contribution in [0.3, 0.4) is 0 Å². The fraction of sp³-hybridized carbons (Fsp3) is 0.346. The van der Waals surface area contributed by atoms with E-state index in [1.807, 2.05) is 25.1 Å². The van der Waals surface area contributed by atoms with Gasteiger partial charge < -0.3 is 19.8 Å². The van der Waals surface area contributed by atoms with Crippen LogP contribution in [0.2, 0.25) is 0 Å². The van der Waals surface area contributed by atoms with Crippen molar-refractivity contribution in [3.63, 3.8) is 0 Å². The minimum Gasteiger partial charge on any atom is -0.462 e. The number of carbonyl (C=O) groups is 3. The molecule has 0 saturated carbocycles. The highest BCUT2D eigenvalue weighted by Gasteiger charge is 2.27. The molecule has 184 valence electrons. The molecule has 3 aromatic rings. The summed E-state index contributed by atoms with van der Waals surface area (Å²) in [5, 5.41) is 5.93. The Labute approximate surface area is 212 Å². The number of furan rings is 1. The maximum Gasteiger partial charge on any atom is 0.341 e. The standard InChI is InChI=1S/C26H28N2O5S2/c1-3-32-26(31)22-19-11-5-4-6-13-21(19)35-25(22)28-23(29)16(2)34-18-10-7-9-17(15-18)27-24(30)20-12-8-14-33-20/h7-10,12,14-16H,3-6,11,13H2,1-2H3,(H,27,30)(H,28,29). The molecule has 2 heterocycles. The van der Waals surface area contributed by atoms with E-state index in [2.05, 4.69) is 10.6 Å². The number of fused-ring (bicyclic) bond motifs is 1. The van der Waals surface area contributed by atoms with Gasteiger partial charge in [-0.05, 0) is 75.4 Å². The van der Waals surface area contributed by atoms with Crippen LogP contribution in [0, 0.1) is 0 Å². The maximum absolute atomic E-state index is 13.1. The number of ether oxygens (including phenoxy) is 1. The van der Waals surface area contributed by atoms with Crippen molar-refractivity contribution in [2.45, 2.75) is 56.1 Å². The van der Waals surface area contributed by atoms with E-state index in [9.17, 15) is 14.4 Å². The molecule has 1 aliphatic rings. The first kappa shape index (κ1) is 25.1. The van der Waals surface area contributed by atoms with Crippen molar-refractivity contribution in [1.29, 1.82) is 0 Å². The van der Waals surface area contributed by atoms with Gasteiger partial charge in [-0.1, -0.05) is 12.5 Å². The molecule has 2 N–H and O–H groups in total. The Morgan fingerprint density at radius 2 is 1.94 bits per heavy atom. The number of amides is 2. The molecule has 0 bridgehead atoms. The molecular formula is C26H28N2O5S2. The van der Waals surface area contributed by atoms with Gasteiger partial charge in [-0.25, -0.2) is 4.79 Å². The number of nitrogens with one attached hydrogen (secondary N) is 2. The summed E-state index contributed by atoms with van der Waals surface area (Å²) < 4.78 is 10.4. The average molecular weight is 513 g/mol. The highest BCUT2D eigenvalue weighted by Crippen LogP contribution is 2.38. The monoisotopic (exact) mass is 512 g/mol. The predicted molar refractivity (Wildman–Crippen MR) is 139 cm³/mol. The quantitative estimate of drug-likeness (QED) is 0.213. The lowest BCUT2D eigenvalue weighted by Crippen LogP contribution is -2.23. The lowest BCUT2D eigenvalue weighted by atomic mass is 10.1. The molecule has 0 aliphatic heterocycles. The molecule has 0 radical (unpaired) electrons. The van der Waals surface area contributed by atoms with Crippen LogP contribution >= 0.6 is 23.1 Å². The van der Waals surface area contributed by atoms with Gasteiger partial charge in [0.15, 0.2) is 5.76 Å². The van der Waals surface area contributed by atoms with Crippen LogP contribution in [-0.4, -0.2) is 29.6 Å². The molecular weight excluding hydrogens is 484 g/mol. The third-order valence-corrected chi connectivity index (χ3v) is 7.96. The van der Waals surface area contributed by atoms with Gasteiger partial charge in [0.1, 0.15) is 5.00 Å². The number of carbonyl (C=O) groups excluding carboxylic acids is 3. The first-order valence-corrected chi connectivity index (χ1v) is 13.4. The van der Waals surface area contributed by atoms with Crippen molar-refractivity contribution in [2.75, 3.05) is 17.2 Å². The lowest BCUT2D eigenvalue weighted by molar-refractivity contribution is -0.115. The van der Waals surface area contributed by atoms with E-state index < -0.39 is 5.25 Å². The molecule has 7 nitrogen and oxygen atoms in total. The number of benzene rings is 1. The van der Waals surface area contributed by atoms with Crippen LogP contribution < -0.4 is 10.6 Å². The number of hydrogen-bond acceptors (Lipinski definition) is 7. The van der Waals surface area contributed by atoms with Crippen molar-refractivity contribution in [2.24, 2.45) is 0 Å². The van der Waals surface area contributed by atoms with Gasteiger partial charge in [0.25, 0.3) is 5.91 Å². The highest BCUT2D eigenvalue weighted by molar-refractivity contribution is 8.00. The second-order valence-corrected chi connectivity index (χ2v) is 10.7. The summed E-state index contributed by atoms with van der Waals surface area (Å²) in [5.41, 5.74) is 2.15. The van der Waals surface area contributed by atoms with Gasteiger partial charge in [-0.2, -0.15) is 0 Å². The fourth-order valence-electron chi connectivity index (χ4n) is 3.97. The number of hydrogen-bond donors (Lipinski definition) is 2. The van der Waals surface area contributed by atoms with E-state index in [-0.39, 0.29) is 30.2 Å². The zero-order chi connectivity index (χ0) is 24.8. The fourth-order valence-corrected chi connectivity index (χ4v) is 6.18. The molecule has 1 aromatic carbocycles. The van der Waals surface area contributed by atoms with Gasteiger partial charge in [-0.3, -0.25) is 9.59 Å². The van der Waals surface area contributed by atoms with Crippen LogP contribution in [0.4, 0.5) is 10.7 Å². The first-order chi connectivity index (χ1) is 17.0. The normalized spacial score (nSPS) is 13.9. The van der Waals surface area contributed by atoms with Crippen molar-refractivity contribution in [3.05, 3.63) is 64.4 Å². The van der Waals surface area contributed by atoms with E-state index in [1.165, 1.54) is 34.2 Å². The molecule has 4 rings (SSSR count). The Morgan fingerprint density at radius 1 is 1.11 bits per heavy atom. The van der Waals surface area contributed by atoms with Crippen molar-refractivity contribution >= 4 is 51.6 Å². The smallest absolute Gasteiger partial charge is 0.341 e. The summed E-state index contributed by atoms with van der Waals surface area (Å²) in [6.07, 6.45) is 6.45. The van der Waals surface area contributed by atoms with Crippen LogP contribution in [0.1, 0.15) is 64.5 Å². The molecule has 0 saturated heterocycles.